The van der Waals surface area contributed by atoms with Crippen LogP contribution in [0.3, 0.4) is 0 Å². The molecule has 0 aliphatic heterocycles. The maximum Gasteiger partial charge on any atom is 0.226 e. The van der Waals surface area contributed by atoms with E-state index in [1.807, 2.05) is 49.4 Å². The Morgan fingerprint density at radius 3 is 2.79 bits per heavy atom. The van der Waals surface area contributed by atoms with Gasteiger partial charge in [0, 0.05) is 17.1 Å². The van der Waals surface area contributed by atoms with Crippen molar-refractivity contribution in [2.75, 3.05) is 18.2 Å². The molecule has 0 aliphatic rings. The van der Waals surface area contributed by atoms with Crippen LogP contribution >= 0.6 is 23.1 Å². The number of carbonyl (C=O) groups excluding carboxylic acids is 1. The van der Waals surface area contributed by atoms with Gasteiger partial charge in [-0.1, -0.05) is 35.6 Å². The normalized spacial score (nSPS) is 10.8. The average Bonchev–Trinajstić information content (AvgIpc) is 3.01. The molecule has 1 heterocycles. The first-order valence-corrected chi connectivity index (χ1v) is 9.39. The highest BCUT2D eigenvalue weighted by atomic mass is 32.2. The van der Waals surface area contributed by atoms with Crippen molar-refractivity contribution < 1.29 is 9.53 Å². The van der Waals surface area contributed by atoms with E-state index in [0.29, 0.717) is 11.6 Å². The summed E-state index contributed by atoms with van der Waals surface area (Å²) in [7, 11) is 1.63. The molecule has 1 amide bonds. The van der Waals surface area contributed by atoms with Gasteiger partial charge in [-0.15, -0.1) is 11.8 Å². The zero-order valence-corrected chi connectivity index (χ0v) is 15.2. The fraction of sp³-hybridized carbons (Fsp3) is 0.222. The summed E-state index contributed by atoms with van der Waals surface area (Å²) in [6.45, 7) is 2.03. The summed E-state index contributed by atoms with van der Waals surface area (Å²) in [6.07, 6.45) is 0.450. The van der Waals surface area contributed by atoms with Crippen LogP contribution in [0, 0.1) is 6.92 Å². The van der Waals surface area contributed by atoms with E-state index < -0.39 is 0 Å². The fourth-order valence-electron chi connectivity index (χ4n) is 2.29. The number of thioether (sulfide) groups is 1. The number of aryl methyl sites for hydroxylation is 1. The Balaban J connectivity index is 1.62. The van der Waals surface area contributed by atoms with Gasteiger partial charge in [0.05, 0.1) is 11.8 Å². The second kappa shape index (κ2) is 7.68. The van der Waals surface area contributed by atoms with Gasteiger partial charge in [0.2, 0.25) is 5.91 Å². The summed E-state index contributed by atoms with van der Waals surface area (Å²) in [4.78, 5) is 17.8. The smallest absolute Gasteiger partial charge is 0.226 e. The van der Waals surface area contributed by atoms with Crippen LogP contribution in [0.5, 0.6) is 5.75 Å². The highest BCUT2D eigenvalue weighted by Crippen LogP contribution is 2.34. The summed E-state index contributed by atoms with van der Waals surface area (Å²) in [5, 5.41) is 3.51. The Morgan fingerprint density at radius 2 is 2.04 bits per heavy atom. The zero-order chi connectivity index (χ0) is 16.9. The number of methoxy groups -OCH3 is 1. The van der Waals surface area contributed by atoms with Crippen molar-refractivity contribution in [2.24, 2.45) is 0 Å². The monoisotopic (exact) mass is 358 g/mol. The lowest BCUT2D eigenvalue weighted by Gasteiger charge is -2.02. The number of fused-ring (bicyclic) bond motifs is 1. The van der Waals surface area contributed by atoms with Crippen LogP contribution in [0.4, 0.5) is 5.13 Å². The number of ether oxygens (including phenoxy) is 1. The number of hydrogen-bond acceptors (Lipinski definition) is 5. The van der Waals surface area contributed by atoms with Crippen LogP contribution in [-0.4, -0.2) is 23.8 Å². The van der Waals surface area contributed by atoms with Crippen molar-refractivity contribution in [1.29, 1.82) is 0 Å². The molecule has 124 valence electrons. The van der Waals surface area contributed by atoms with E-state index in [9.17, 15) is 4.79 Å². The molecule has 3 aromatic rings. The fourth-order valence-corrected chi connectivity index (χ4v) is 4.13. The number of thiazole rings is 1. The second-order valence-corrected chi connectivity index (χ2v) is 7.41. The molecule has 3 rings (SSSR count). The number of anilines is 1. The van der Waals surface area contributed by atoms with Crippen molar-refractivity contribution >= 4 is 44.4 Å². The molecule has 24 heavy (non-hydrogen) atoms. The molecule has 1 N–H and O–H groups in total. The summed E-state index contributed by atoms with van der Waals surface area (Å²) in [6, 6.07) is 14.0. The first kappa shape index (κ1) is 16.8. The van der Waals surface area contributed by atoms with E-state index in [2.05, 4.69) is 10.3 Å². The lowest BCUT2D eigenvalue weighted by Crippen LogP contribution is -2.11. The van der Waals surface area contributed by atoms with Crippen molar-refractivity contribution in [3.05, 3.63) is 48.0 Å². The van der Waals surface area contributed by atoms with Gasteiger partial charge in [-0.3, -0.25) is 4.79 Å². The molecule has 0 spiro atoms. The van der Waals surface area contributed by atoms with Crippen LogP contribution in [0.2, 0.25) is 0 Å². The topological polar surface area (TPSA) is 51.2 Å². The SMILES string of the molecule is COc1ccc(C)c2sc(NC(=O)CCSc3ccccc3)nc12. The lowest BCUT2D eigenvalue weighted by atomic mass is 10.2. The van der Waals surface area contributed by atoms with Gasteiger partial charge >= 0.3 is 0 Å². The predicted octanol–water partition coefficient (Wildman–Crippen LogP) is 4.73. The molecule has 1 aromatic heterocycles. The maximum atomic E-state index is 12.1. The number of nitrogens with zero attached hydrogens (tertiary/aromatic N) is 1. The van der Waals surface area contributed by atoms with Gasteiger partial charge in [0.25, 0.3) is 0 Å². The summed E-state index contributed by atoms with van der Waals surface area (Å²) < 4.78 is 6.39. The molecule has 0 bridgehead atoms. The minimum atomic E-state index is -0.0193. The van der Waals surface area contributed by atoms with E-state index in [1.165, 1.54) is 16.2 Å². The van der Waals surface area contributed by atoms with Gasteiger partial charge < -0.3 is 10.1 Å². The molecule has 0 aliphatic carbocycles. The highest BCUT2D eigenvalue weighted by molar-refractivity contribution is 7.99. The molecule has 0 saturated carbocycles. The number of hydrogen-bond donors (Lipinski definition) is 1. The van der Waals surface area contributed by atoms with Crippen LogP contribution < -0.4 is 10.1 Å². The Labute approximate surface area is 149 Å². The van der Waals surface area contributed by atoms with Crippen LogP contribution in [0.25, 0.3) is 10.2 Å². The third kappa shape index (κ3) is 3.88. The number of benzene rings is 2. The molecule has 4 nitrogen and oxygen atoms in total. The Bertz CT molecular complexity index is 847. The van der Waals surface area contributed by atoms with Crippen molar-refractivity contribution in [1.82, 2.24) is 4.98 Å². The number of carbonyl (C=O) groups is 1. The Hall–Kier alpha value is -2.05. The van der Waals surface area contributed by atoms with E-state index in [4.69, 9.17) is 4.74 Å². The largest absolute Gasteiger partial charge is 0.494 e. The summed E-state index contributed by atoms with van der Waals surface area (Å²) in [5.74, 6) is 1.45. The van der Waals surface area contributed by atoms with Gasteiger partial charge in [-0.2, -0.15) is 0 Å². The summed E-state index contributed by atoms with van der Waals surface area (Å²) in [5.41, 5.74) is 1.93. The number of nitrogens with one attached hydrogen (secondary N) is 1. The van der Waals surface area contributed by atoms with E-state index in [0.717, 1.165) is 27.3 Å². The van der Waals surface area contributed by atoms with Gasteiger partial charge in [0.1, 0.15) is 11.3 Å². The Kier molecular flexibility index (Phi) is 5.37. The quantitative estimate of drug-likeness (QED) is 0.647. The molecular weight excluding hydrogens is 340 g/mol. The molecule has 0 radical (unpaired) electrons. The zero-order valence-electron chi connectivity index (χ0n) is 13.5. The van der Waals surface area contributed by atoms with E-state index >= 15 is 0 Å². The number of rotatable bonds is 6. The van der Waals surface area contributed by atoms with Gasteiger partial charge in [0.15, 0.2) is 5.13 Å². The molecular formula is C18H18N2O2S2. The highest BCUT2D eigenvalue weighted by Gasteiger charge is 2.13. The minimum Gasteiger partial charge on any atom is -0.494 e. The number of aromatic nitrogens is 1. The van der Waals surface area contributed by atoms with Crippen LogP contribution in [-0.2, 0) is 4.79 Å². The van der Waals surface area contributed by atoms with Crippen molar-refractivity contribution in [2.45, 2.75) is 18.2 Å². The third-order valence-corrected chi connectivity index (χ3v) is 5.63. The lowest BCUT2D eigenvalue weighted by molar-refractivity contribution is -0.115. The number of amides is 1. The standard InChI is InChI=1S/C18H18N2O2S2/c1-12-8-9-14(22-2)16-17(12)24-18(20-16)19-15(21)10-11-23-13-6-4-3-5-7-13/h3-9H,10-11H2,1-2H3,(H,19,20,21). The second-order valence-electron chi connectivity index (χ2n) is 5.24. The predicted molar refractivity (Wildman–Crippen MR) is 101 cm³/mol. The third-order valence-electron chi connectivity index (χ3n) is 3.51. The van der Waals surface area contributed by atoms with Crippen molar-refractivity contribution in [3.63, 3.8) is 0 Å². The van der Waals surface area contributed by atoms with Gasteiger partial charge in [-0.05, 0) is 30.7 Å². The first-order chi connectivity index (χ1) is 11.7. The van der Waals surface area contributed by atoms with E-state index in [-0.39, 0.29) is 5.91 Å². The van der Waals surface area contributed by atoms with E-state index in [1.54, 1.807) is 18.9 Å². The maximum absolute atomic E-state index is 12.1. The molecule has 0 atom stereocenters. The average molecular weight is 358 g/mol. The van der Waals surface area contributed by atoms with Crippen LogP contribution in [0.15, 0.2) is 47.4 Å². The first-order valence-electron chi connectivity index (χ1n) is 7.59. The molecule has 6 heteroatoms. The molecule has 0 unspecified atom stereocenters. The van der Waals surface area contributed by atoms with Gasteiger partial charge in [-0.25, -0.2) is 4.98 Å². The molecule has 0 fully saturated rings. The summed E-state index contributed by atoms with van der Waals surface area (Å²) >= 11 is 3.16. The Morgan fingerprint density at radius 1 is 1.25 bits per heavy atom. The van der Waals surface area contributed by atoms with Crippen LogP contribution in [0.1, 0.15) is 12.0 Å². The molecule has 2 aromatic carbocycles. The minimum absolute atomic E-state index is 0.0193. The van der Waals surface area contributed by atoms with Crippen molar-refractivity contribution in [3.8, 4) is 5.75 Å². The molecule has 0 saturated heterocycles.